The highest BCUT2D eigenvalue weighted by molar-refractivity contribution is 9.12. The average Bonchev–Trinajstić information content (AvgIpc) is 2.42. The van der Waals surface area contributed by atoms with Crippen molar-refractivity contribution in [2.24, 2.45) is 11.7 Å². The molecule has 0 bridgehead atoms. The van der Waals surface area contributed by atoms with E-state index in [1.165, 1.54) is 19.6 Å². The number of hydrogen-bond donors (Lipinski definition) is 1. The molecule has 0 aromatic carbocycles. The van der Waals surface area contributed by atoms with Crippen molar-refractivity contribution >= 4 is 43.2 Å². The highest BCUT2D eigenvalue weighted by atomic mass is 79.9. The van der Waals surface area contributed by atoms with Crippen LogP contribution in [0, 0.1) is 5.92 Å². The Labute approximate surface area is 106 Å². The van der Waals surface area contributed by atoms with Crippen molar-refractivity contribution in [1.29, 1.82) is 0 Å². The van der Waals surface area contributed by atoms with Crippen LogP contribution in [0.15, 0.2) is 13.6 Å². The van der Waals surface area contributed by atoms with E-state index < -0.39 is 0 Å². The molecule has 0 saturated heterocycles. The average molecular weight is 341 g/mol. The quantitative estimate of drug-likeness (QED) is 0.854. The van der Waals surface area contributed by atoms with Crippen LogP contribution in [0.2, 0.25) is 0 Å². The fourth-order valence-corrected chi connectivity index (χ4v) is 4.29. The summed E-state index contributed by atoms with van der Waals surface area (Å²) in [5.74, 6) is 0.727. The third-order valence-corrected chi connectivity index (χ3v) is 4.76. The molecule has 4 heteroatoms. The Kier molecular flexibility index (Phi) is 5.67. The van der Waals surface area contributed by atoms with Crippen molar-refractivity contribution in [2.45, 2.75) is 26.2 Å². The van der Waals surface area contributed by atoms with Crippen LogP contribution < -0.4 is 5.73 Å². The van der Waals surface area contributed by atoms with E-state index in [9.17, 15) is 0 Å². The van der Waals surface area contributed by atoms with Crippen LogP contribution in [0.1, 0.15) is 25.3 Å². The molecule has 1 aromatic heterocycles. The summed E-state index contributed by atoms with van der Waals surface area (Å²) >= 11 is 8.80. The smallest absolute Gasteiger partial charge is 0.0742 e. The Morgan fingerprint density at radius 2 is 2.14 bits per heavy atom. The molecule has 0 aliphatic rings. The van der Waals surface area contributed by atoms with E-state index in [1.54, 1.807) is 11.3 Å². The van der Waals surface area contributed by atoms with Gasteiger partial charge in [-0.3, -0.25) is 0 Å². The molecule has 0 radical (unpaired) electrons. The molecule has 1 rings (SSSR count). The van der Waals surface area contributed by atoms with Gasteiger partial charge in [0.15, 0.2) is 0 Å². The minimum atomic E-state index is 0.727. The van der Waals surface area contributed by atoms with Gasteiger partial charge >= 0.3 is 0 Å². The predicted octanol–water partition coefficient (Wildman–Crippen LogP) is 4.19. The van der Waals surface area contributed by atoms with E-state index in [4.69, 9.17) is 5.73 Å². The van der Waals surface area contributed by atoms with Crippen LogP contribution in [-0.2, 0) is 6.42 Å². The number of aryl methyl sites for hydroxylation is 1. The topological polar surface area (TPSA) is 26.0 Å². The van der Waals surface area contributed by atoms with E-state index in [-0.39, 0.29) is 0 Å². The SMILES string of the molecule is CC(CCN)CCc1cc(Br)sc1Br. The molecule has 1 nitrogen and oxygen atoms in total. The molecular formula is C10H15Br2NS. The predicted molar refractivity (Wildman–Crippen MR) is 70.9 cm³/mol. The maximum atomic E-state index is 5.52. The van der Waals surface area contributed by atoms with Crippen LogP contribution in [0.3, 0.4) is 0 Å². The Balaban J connectivity index is 2.41. The van der Waals surface area contributed by atoms with Crippen molar-refractivity contribution in [3.63, 3.8) is 0 Å². The van der Waals surface area contributed by atoms with Gasteiger partial charge < -0.3 is 5.73 Å². The molecule has 0 aliphatic heterocycles. The maximum absolute atomic E-state index is 5.52. The third-order valence-electron chi connectivity index (χ3n) is 2.29. The van der Waals surface area contributed by atoms with Gasteiger partial charge in [-0.1, -0.05) is 6.92 Å². The first kappa shape index (κ1) is 12.7. The van der Waals surface area contributed by atoms with E-state index >= 15 is 0 Å². The van der Waals surface area contributed by atoms with Gasteiger partial charge in [0.05, 0.1) is 7.57 Å². The van der Waals surface area contributed by atoms with Crippen molar-refractivity contribution in [3.05, 3.63) is 19.2 Å². The molecule has 0 spiro atoms. The molecule has 1 unspecified atom stereocenters. The monoisotopic (exact) mass is 339 g/mol. The van der Waals surface area contributed by atoms with Gasteiger partial charge in [0.1, 0.15) is 0 Å². The first-order valence-corrected chi connectivity index (χ1v) is 7.17. The summed E-state index contributed by atoms with van der Waals surface area (Å²) in [6.07, 6.45) is 3.49. The summed E-state index contributed by atoms with van der Waals surface area (Å²) in [4.78, 5) is 0. The molecule has 0 fully saturated rings. The summed E-state index contributed by atoms with van der Waals surface area (Å²) in [6.45, 7) is 3.07. The molecule has 80 valence electrons. The maximum Gasteiger partial charge on any atom is 0.0742 e. The highest BCUT2D eigenvalue weighted by Gasteiger charge is 2.07. The van der Waals surface area contributed by atoms with E-state index in [0.29, 0.717) is 0 Å². The zero-order chi connectivity index (χ0) is 10.6. The van der Waals surface area contributed by atoms with Gasteiger partial charge in [0.2, 0.25) is 0 Å². The van der Waals surface area contributed by atoms with Crippen molar-refractivity contribution in [2.75, 3.05) is 6.54 Å². The fraction of sp³-hybridized carbons (Fsp3) is 0.600. The molecule has 14 heavy (non-hydrogen) atoms. The molecule has 0 amide bonds. The minimum absolute atomic E-state index is 0.727. The molecule has 2 N–H and O–H groups in total. The largest absolute Gasteiger partial charge is 0.330 e. The lowest BCUT2D eigenvalue weighted by Crippen LogP contribution is -2.06. The van der Waals surface area contributed by atoms with Gasteiger partial charge in [0, 0.05) is 0 Å². The summed E-state index contributed by atoms with van der Waals surface area (Å²) < 4.78 is 2.45. The molecular weight excluding hydrogens is 326 g/mol. The first-order valence-electron chi connectivity index (χ1n) is 4.77. The van der Waals surface area contributed by atoms with E-state index in [2.05, 4.69) is 44.8 Å². The lowest BCUT2D eigenvalue weighted by atomic mass is 10.00. The lowest BCUT2D eigenvalue weighted by Gasteiger charge is -2.08. The fourth-order valence-electron chi connectivity index (χ4n) is 1.38. The van der Waals surface area contributed by atoms with Gasteiger partial charge in [-0.05, 0) is 75.2 Å². The van der Waals surface area contributed by atoms with Gasteiger partial charge in [-0.2, -0.15) is 0 Å². The Morgan fingerprint density at radius 1 is 1.43 bits per heavy atom. The van der Waals surface area contributed by atoms with Crippen molar-refractivity contribution in [1.82, 2.24) is 0 Å². The number of halogens is 2. The summed E-state index contributed by atoms with van der Waals surface area (Å²) in [6, 6.07) is 2.20. The second-order valence-electron chi connectivity index (χ2n) is 3.57. The first-order chi connectivity index (χ1) is 6.63. The Morgan fingerprint density at radius 3 is 2.64 bits per heavy atom. The zero-order valence-corrected chi connectivity index (χ0v) is 12.2. The van der Waals surface area contributed by atoms with Gasteiger partial charge in [-0.15, -0.1) is 11.3 Å². The van der Waals surface area contributed by atoms with Crippen LogP contribution in [0.25, 0.3) is 0 Å². The second-order valence-corrected chi connectivity index (χ2v) is 7.32. The van der Waals surface area contributed by atoms with Crippen LogP contribution in [0.5, 0.6) is 0 Å². The molecule has 1 aromatic rings. The summed E-state index contributed by atoms with van der Waals surface area (Å²) in [7, 11) is 0. The number of nitrogens with two attached hydrogens (primary N) is 1. The van der Waals surface area contributed by atoms with E-state index in [0.717, 1.165) is 25.3 Å². The number of thiophene rings is 1. The lowest BCUT2D eigenvalue weighted by molar-refractivity contribution is 0.500. The van der Waals surface area contributed by atoms with Crippen LogP contribution in [-0.4, -0.2) is 6.54 Å². The molecule has 1 atom stereocenters. The second kappa shape index (κ2) is 6.26. The number of rotatable bonds is 5. The standard InChI is InChI=1S/C10H15Br2NS/c1-7(4-5-13)2-3-8-6-9(11)14-10(8)12/h6-7H,2-5,13H2,1H3. The normalized spacial score (nSPS) is 13.1. The Hall–Kier alpha value is 0.620. The molecule has 0 saturated carbocycles. The van der Waals surface area contributed by atoms with E-state index in [1.807, 2.05) is 0 Å². The van der Waals surface area contributed by atoms with Crippen molar-refractivity contribution < 1.29 is 0 Å². The number of hydrogen-bond acceptors (Lipinski definition) is 2. The van der Waals surface area contributed by atoms with Crippen molar-refractivity contribution in [3.8, 4) is 0 Å². The third kappa shape index (κ3) is 4.01. The summed E-state index contributed by atoms with van der Waals surface area (Å²) in [5, 5.41) is 0. The minimum Gasteiger partial charge on any atom is -0.330 e. The van der Waals surface area contributed by atoms with Crippen LogP contribution in [0.4, 0.5) is 0 Å². The molecule has 0 aliphatic carbocycles. The van der Waals surface area contributed by atoms with Gasteiger partial charge in [-0.25, -0.2) is 0 Å². The van der Waals surface area contributed by atoms with Crippen LogP contribution >= 0.6 is 43.2 Å². The summed E-state index contributed by atoms with van der Waals surface area (Å²) in [5.41, 5.74) is 6.93. The Bertz CT molecular complexity index is 286. The highest BCUT2D eigenvalue weighted by Crippen LogP contribution is 2.33. The zero-order valence-electron chi connectivity index (χ0n) is 8.22. The van der Waals surface area contributed by atoms with Gasteiger partial charge in [0.25, 0.3) is 0 Å². The molecule has 1 heterocycles.